The topological polar surface area (TPSA) is 72.1 Å². The number of aromatic nitrogens is 2. The summed E-state index contributed by atoms with van der Waals surface area (Å²) >= 11 is 3.10. The third-order valence-corrected chi connectivity index (χ3v) is 5.81. The summed E-state index contributed by atoms with van der Waals surface area (Å²) in [5.41, 5.74) is 6.98. The van der Waals surface area contributed by atoms with Crippen molar-refractivity contribution in [2.45, 2.75) is 19.4 Å². The molecule has 23 heavy (non-hydrogen) atoms. The van der Waals surface area contributed by atoms with Crippen LogP contribution in [0.2, 0.25) is 0 Å². The Morgan fingerprint density at radius 3 is 2.87 bits per heavy atom. The van der Waals surface area contributed by atoms with Crippen LogP contribution >= 0.6 is 22.7 Å². The van der Waals surface area contributed by atoms with Gasteiger partial charge in [0.05, 0.1) is 21.3 Å². The van der Waals surface area contributed by atoms with Crippen LogP contribution in [0.1, 0.15) is 33.5 Å². The highest BCUT2D eigenvalue weighted by atomic mass is 32.1. The maximum atomic E-state index is 12.6. The lowest BCUT2D eigenvalue weighted by molar-refractivity contribution is 0.0737. The molecule has 120 valence electrons. The van der Waals surface area contributed by atoms with Crippen LogP contribution in [-0.4, -0.2) is 34.4 Å². The largest absolute Gasteiger partial charge is 0.331 e. The van der Waals surface area contributed by atoms with Gasteiger partial charge in [0.15, 0.2) is 0 Å². The third kappa shape index (κ3) is 3.26. The van der Waals surface area contributed by atoms with Crippen molar-refractivity contribution in [2.24, 2.45) is 5.73 Å². The van der Waals surface area contributed by atoms with Crippen LogP contribution in [0.3, 0.4) is 0 Å². The predicted molar refractivity (Wildman–Crippen MR) is 95.0 cm³/mol. The Morgan fingerprint density at radius 1 is 1.35 bits per heavy atom. The van der Waals surface area contributed by atoms with Gasteiger partial charge >= 0.3 is 0 Å². The number of carbonyl (C=O) groups excluding carboxylic acids is 1. The number of carbonyl (C=O) groups is 1. The molecule has 0 aliphatic carbocycles. The number of nitrogens with zero attached hydrogens (tertiary/aromatic N) is 3. The highest BCUT2D eigenvalue weighted by Crippen LogP contribution is 2.29. The molecule has 0 bridgehead atoms. The highest BCUT2D eigenvalue weighted by Gasteiger charge is 2.23. The Kier molecular flexibility index (Phi) is 4.70. The van der Waals surface area contributed by atoms with E-state index in [9.17, 15) is 4.79 Å². The van der Waals surface area contributed by atoms with E-state index in [2.05, 4.69) is 9.97 Å². The van der Waals surface area contributed by atoms with Crippen molar-refractivity contribution < 1.29 is 4.79 Å². The van der Waals surface area contributed by atoms with Gasteiger partial charge in [0, 0.05) is 18.8 Å². The summed E-state index contributed by atoms with van der Waals surface area (Å²) in [7, 11) is 1.79. The van der Waals surface area contributed by atoms with E-state index in [0.717, 1.165) is 20.2 Å². The number of nitrogens with two attached hydrogens (primary N) is 1. The van der Waals surface area contributed by atoms with E-state index in [-0.39, 0.29) is 11.9 Å². The molecular formula is C16H18N4OS2. The van der Waals surface area contributed by atoms with Crippen LogP contribution in [0.4, 0.5) is 0 Å². The molecule has 3 aromatic rings. The summed E-state index contributed by atoms with van der Waals surface area (Å²) < 4.78 is 1.13. The average Bonchev–Trinajstić information content (AvgIpc) is 3.19. The second-order valence-electron chi connectivity index (χ2n) is 5.28. The zero-order valence-electron chi connectivity index (χ0n) is 13.0. The molecule has 0 saturated heterocycles. The Hall–Kier alpha value is -1.83. The molecule has 3 rings (SSSR count). The summed E-state index contributed by atoms with van der Waals surface area (Å²) in [6, 6.07) is 7.91. The van der Waals surface area contributed by atoms with E-state index in [0.29, 0.717) is 18.7 Å². The molecule has 1 unspecified atom stereocenters. The van der Waals surface area contributed by atoms with Gasteiger partial charge in [0.25, 0.3) is 5.91 Å². The molecule has 1 amide bonds. The number of hydrogen-bond acceptors (Lipinski definition) is 6. The first-order valence-electron chi connectivity index (χ1n) is 7.37. The van der Waals surface area contributed by atoms with E-state index in [1.54, 1.807) is 28.7 Å². The van der Waals surface area contributed by atoms with Gasteiger partial charge in [0.2, 0.25) is 0 Å². The molecule has 2 N–H and O–H groups in total. The smallest absolute Gasteiger partial charge is 0.273 e. The normalized spacial score (nSPS) is 12.5. The standard InChI is InChI=1S/C16H18N4OS2/c1-10(15-19-11-5-3-4-6-13(11)23-15)20(2)16(21)12-9-22-14(18-12)7-8-17/h3-6,9-10H,7-8,17H2,1-2H3. The fourth-order valence-corrected chi connectivity index (χ4v) is 4.09. The summed E-state index contributed by atoms with van der Waals surface area (Å²) in [4.78, 5) is 23.3. The van der Waals surface area contributed by atoms with Crippen LogP contribution in [0.5, 0.6) is 0 Å². The molecule has 2 aromatic heterocycles. The number of hydrogen-bond donors (Lipinski definition) is 1. The summed E-state index contributed by atoms with van der Waals surface area (Å²) in [6.45, 7) is 2.53. The Balaban J connectivity index is 1.80. The third-order valence-electron chi connectivity index (χ3n) is 3.70. The van der Waals surface area contributed by atoms with Crippen LogP contribution in [-0.2, 0) is 6.42 Å². The lowest BCUT2D eigenvalue weighted by atomic mass is 10.3. The highest BCUT2D eigenvalue weighted by molar-refractivity contribution is 7.18. The fourth-order valence-electron chi connectivity index (χ4n) is 2.24. The summed E-state index contributed by atoms with van der Waals surface area (Å²) in [5.74, 6) is -0.0868. The molecule has 0 radical (unpaired) electrons. The number of fused-ring (bicyclic) bond motifs is 1. The molecule has 0 saturated carbocycles. The zero-order chi connectivity index (χ0) is 16.4. The van der Waals surface area contributed by atoms with Crippen molar-refractivity contribution in [1.82, 2.24) is 14.9 Å². The molecule has 5 nitrogen and oxygen atoms in total. The molecule has 7 heteroatoms. The number of benzene rings is 1. The first kappa shape index (κ1) is 16.0. The van der Waals surface area contributed by atoms with Crippen LogP contribution < -0.4 is 5.73 Å². The molecule has 0 aliphatic rings. The van der Waals surface area contributed by atoms with E-state index in [1.165, 1.54) is 11.3 Å². The molecular weight excluding hydrogens is 328 g/mol. The van der Waals surface area contributed by atoms with E-state index < -0.39 is 0 Å². The summed E-state index contributed by atoms with van der Waals surface area (Å²) in [6.07, 6.45) is 0.703. The van der Waals surface area contributed by atoms with E-state index in [1.807, 2.05) is 31.2 Å². The van der Waals surface area contributed by atoms with Crippen molar-refractivity contribution in [3.8, 4) is 0 Å². The average molecular weight is 346 g/mol. The number of thiazole rings is 2. The zero-order valence-corrected chi connectivity index (χ0v) is 14.7. The molecule has 2 heterocycles. The molecule has 1 atom stereocenters. The fraction of sp³-hybridized carbons (Fsp3) is 0.312. The minimum absolute atomic E-state index is 0.0868. The lowest BCUT2D eigenvalue weighted by Crippen LogP contribution is -2.29. The second-order valence-corrected chi connectivity index (χ2v) is 7.28. The van der Waals surface area contributed by atoms with Gasteiger partial charge < -0.3 is 10.6 Å². The lowest BCUT2D eigenvalue weighted by Gasteiger charge is -2.22. The van der Waals surface area contributed by atoms with Gasteiger partial charge in [-0.05, 0) is 25.6 Å². The number of para-hydroxylation sites is 1. The van der Waals surface area contributed by atoms with E-state index >= 15 is 0 Å². The van der Waals surface area contributed by atoms with Crippen molar-refractivity contribution in [3.05, 3.63) is 45.4 Å². The minimum Gasteiger partial charge on any atom is -0.331 e. The van der Waals surface area contributed by atoms with Gasteiger partial charge in [0.1, 0.15) is 10.7 Å². The quantitative estimate of drug-likeness (QED) is 0.770. The second kappa shape index (κ2) is 6.74. The first-order valence-corrected chi connectivity index (χ1v) is 9.07. The van der Waals surface area contributed by atoms with Gasteiger partial charge in [-0.1, -0.05) is 12.1 Å². The molecule has 0 spiro atoms. The van der Waals surface area contributed by atoms with Crippen LogP contribution in [0.25, 0.3) is 10.2 Å². The van der Waals surface area contributed by atoms with Gasteiger partial charge in [-0.25, -0.2) is 9.97 Å². The van der Waals surface area contributed by atoms with Crippen molar-refractivity contribution in [3.63, 3.8) is 0 Å². The van der Waals surface area contributed by atoms with Gasteiger partial charge in [-0.15, -0.1) is 22.7 Å². The molecule has 0 aliphatic heterocycles. The first-order chi connectivity index (χ1) is 11.1. The van der Waals surface area contributed by atoms with Gasteiger partial charge in [-0.2, -0.15) is 0 Å². The maximum absolute atomic E-state index is 12.6. The van der Waals surface area contributed by atoms with Crippen molar-refractivity contribution in [1.29, 1.82) is 0 Å². The van der Waals surface area contributed by atoms with Crippen LogP contribution in [0, 0.1) is 0 Å². The molecule has 0 fully saturated rings. The predicted octanol–water partition coefficient (Wildman–Crippen LogP) is 3.09. The SMILES string of the molecule is CC(c1nc2ccccc2s1)N(C)C(=O)c1csc(CCN)n1. The Morgan fingerprint density at radius 2 is 2.13 bits per heavy atom. The van der Waals surface area contributed by atoms with E-state index in [4.69, 9.17) is 5.73 Å². The molecule has 1 aromatic carbocycles. The monoisotopic (exact) mass is 346 g/mol. The minimum atomic E-state index is -0.0976. The van der Waals surface area contributed by atoms with Crippen molar-refractivity contribution in [2.75, 3.05) is 13.6 Å². The number of amides is 1. The Labute approximate surface area is 142 Å². The number of rotatable bonds is 5. The van der Waals surface area contributed by atoms with Crippen LogP contribution in [0.15, 0.2) is 29.6 Å². The Bertz CT molecular complexity index is 793. The van der Waals surface area contributed by atoms with Gasteiger partial charge in [-0.3, -0.25) is 4.79 Å². The maximum Gasteiger partial charge on any atom is 0.273 e. The van der Waals surface area contributed by atoms with Crippen molar-refractivity contribution >= 4 is 38.8 Å². The summed E-state index contributed by atoms with van der Waals surface area (Å²) in [5, 5.41) is 3.63.